The highest BCUT2D eigenvalue weighted by molar-refractivity contribution is 5.97. The van der Waals surface area contributed by atoms with Gasteiger partial charge >= 0.3 is 12.2 Å². The summed E-state index contributed by atoms with van der Waals surface area (Å²) in [5.41, 5.74) is 0.0314. The first-order chi connectivity index (χ1) is 19.2. The molecular weight excluding hydrogens is 528 g/mol. The Bertz CT molecular complexity index is 1220. The summed E-state index contributed by atoms with van der Waals surface area (Å²) in [6, 6.07) is 15.3. The van der Waals surface area contributed by atoms with Crippen LogP contribution in [0.25, 0.3) is 0 Å². The van der Waals surface area contributed by atoms with Crippen molar-refractivity contribution in [2.75, 3.05) is 18.4 Å². The molecule has 1 fully saturated rings. The van der Waals surface area contributed by atoms with Gasteiger partial charge in [-0.25, -0.2) is 9.59 Å². The van der Waals surface area contributed by atoms with Crippen molar-refractivity contribution in [2.24, 2.45) is 0 Å². The lowest BCUT2D eigenvalue weighted by molar-refractivity contribution is -0.121. The van der Waals surface area contributed by atoms with Crippen molar-refractivity contribution in [3.05, 3.63) is 60.2 Å². The molecule has 0 unspecified atom stereocenters. The molecule has 11 nitrogen and oxygen atoms in total. The molecule has 0 radical (unpaired) electrons. The van der Waals surface area contributed by atoms with Gasteiger partial charge in [0.25, 0.3) is 0 Å². The lowest BCUT2D eigenvalue weighted by atomic mass is 10.1. The van der Waals surface area contributed by atoms with Gasteiger partial charge in [-0.1, -0.05) is 36.4 Å². The molecular formula is C30H40N4O7. The molecule has 0 spiro atoms. The smallest absolute Gasteiger partial charge is 0.411 e. The zero-order chi connectivity index (χ0) is 30.2. The highest BCUT2D eigenvalue weighted by atomic mass is 16.6. The first-order valence-corrected chi connectivity index (χ1v) is 13.5. The van der Waals surface area contributed by atoms with E-state index in [4.69, 9.17) is 14.2 Å². The second-order valence-corrected chi connectivity index (χ2v) is 11.8. The Morgan fingerprint density at radius 3 is 2.24 bits per heavy atom. The Kier molecular flexibility index (Phi) is 10.2. The third-order valence-corrected chi connectivity index (χ3v) is 5.74. The Labute approximate surface area is 240 Å². The average molecular weight is 569 g/mol. The molecule has 0 bridgehead atoms. The molecule has 0 aromatic heterocycles. The maximum atomic E-state index is 13.4. The molecule has 0 aliphatic carbocycles. The van der Waals surface area contributed by atoms with Crippen LogP contribution in [-0.2, 0) is 25.7 Å². The SMILES string of the molecule is CC(C)(C)OC(=O)NCC(=O)N[C@@H]1C[C@@H](C(=O)Nc2cccc(OCc3ccccc3)c2)N(C(=O)OC(C)(C)C)C1. The third-order valence-electron chi connectivity index (χ3n) is 5.74. The molecule has 0 saturated carbocycles. The van der Waals surface area contributed by atoms with Gasteiger partial charge in [0, 0.05) is 24.3 Å². The predicted octanol–water partition coefficient (Wildman–Crippen LogP) is 4.22. The molecule has 222 valence electrons. The maximum Gasteiger partial charge on any atom is 0.411 e. The highest BCUT2D eigenvalue weighted by Crippen LogP contribution is 2.24. The molecule has 1 aliphatic heterocycles. The number of rotatable bonds is 8. The summed E-state index contributed by atoms with van der Waals surface area (Å²) in [5.74, 6) is -0.335. The minimum atomic E-state index is -0.900. The van der Waals surface area contributed by atoms with Crippen molar-refractivity contribution in [3.8, 4) is 5.75 Å². The summed E-state index contributed by atoms with van der Waals surface area (Å²) in [6.07, 6.45) is -1.23. The van der Waals surface area contributed by atoms with E-state index in [0.29, 0.717) is 18.0 Å². The summed E-state index contributed by atoms with van der Waals surface area (Å²) in [7, 11) is 0. The van der Waals surface area contributed by atoms with Crippen LogP contribution in [0.15, 0.2) is 54.6 Å². The van der Waals surface area contributed by atoms with Gasteiger partial charge in [0.1, 0.15) is 36.1 Å². The van der Waals surface area contributed by atoms with Gasteiger partial charge in [-0.2, -0.15) is 0 Å². The number of hydrogen-bond donors (Lipinski definition) is 3. The summed E-state index contributed by atoms with van der Waals surface area (Å²) < 4.78 is 16.5. The normalized spacial score (nSPS) is 16.9. The fourth-order valence-corrected chi connectivity index (χ4v) is 4.09. The van der Waals surface area contributed by atoms with Gasteiger partial charge in [0.2, 0.25) is 11.8 Å². The standard InChI is InChI=1S/C30H40N4O7/c1-29(2,3)40-27(37)31-17-25(35)32-22-16-24(34(18-22)28(38)41-30(4,5)6)26(36)33-21-13-10-14-23(15-21)39-19-20-11-8-7-9-12-20/h7-15,22,24H,16-19H2,1-6H3,(H,31,37)(H,32,35)(H,33,36)/t22-,24+/m1/s1. The van der Waals surface area contributed by atoms with Crippen LogP contribution in [0.4, 0.5) is 15.3 Å². The minimum Gasteiger partial charge on any atom is -0.489 e. The quantitative estimate of drug-likeness (QED) is 0.434. The molecule has 1 heterocycles. The largest absolute Gasteiger partial charge is 0.489 e. The second-order valence-electron chi connectivity index (χ2n) is 11.8. The van der Waals surface area contributed by atoms with E-state index in [1.807, 2.05) is 30.3 Å². The van der Waals surface area contributed by atoms with E-state index >= 15 is 0 Å². The van der Waals surface area contributed by atoms with Crippen LogP contribution in [0.5, 0.6) is 5.75 Å². The van der Waals surface area contributed by atoms with E-state index < -0.39 is 47.3 Å². The molecule has 3 rings (SSSR count). The summed E-state index contributed by atoms with van der Waals surface area (Å²) in [4.78, 5) is 52.1. The number of anilines is 1. The van der Waals surface area contributed by atoms with Crippen LogP contribution in [0.2, 0.25) is 0 Å². The predicted molar refractivity (Wildman–Crippen MR) is 153 cm³/mol. The van der Waals surface area contributed by atoms with Crippen molar-refractivity contribution in [3.63, 3.8) is 0 Å². The van der Waals surface area contributed by atoms with Crippen molar-refractivity contribution in [1.82, 2.24) is 15.5 Å². The number of nitrogens with one attached hydrogen (secondary N) is 3. The number of alkyl carbamates (subject to hydrolysis) is 1. The van der Waals surface area contributed by atoms with Crippen LogP contribution in [0.1, 0.15) is 53.5 Å². The Morgan fingerprint density at radius 2 is 1.59 bits per heavy atom. The van der Waals surface area contributed by atoms with Crippen LogP contribution in [0, 0.1) is 0 Å². The van der Waals surface area contributed by atoms with E-state index in [1.165, 1.54) is 4.90 Å². The molecule has 1 saturated heterocycles. The lowest BCUT2D eigenvalue weighted by Gasteiger charge is -2.28. The van der Waals surface area contributed by atoms with Gasteiger partial charge in [-0.15, -0.1) is 0 Å². The molecule has 3 N–H and O–H groups in total. The maximum absolute atomic E-state index is 13.4. The number of amides is 4. The Balaban J connectivity index is 1.64. The molecule has 41 heavy (non-hydrogen) atoms. The summed E-state index contributed by atoms with van der Waals surface area (Å²) in [6.45, 7) is 10.5. The minimum absolute atomic E-state index is 0.0609. The van der Waals surface area contributed by atoms with Crippen LogP contribution in [-0.4, -0.2) is 65.3 Å². The monoisotopic (exact) mass is 568 g/mol. The molecule has 11 heteroatoms. The molecule has 2 aromatic carbocycles. The Morgan fingerprint density at radius 1 is 0.902 bits per heavy atom. The highest BCUT2D eigenvalue weighted by Gasteiger charge is 2.42. The number of nitrogens with zero attached hydrogens (tertiary/aromatic N) is 1. The van der Waals surface area contributed by atoms with Crippen LogP contribution in [0.3, 0.4) is 0 Å². The van der Waals surface area contributed by atoms with E-state index in [2.05, 4.69) is 16.0 Å². The molecule has 2 atom stereocenters. The van der Waals surface area contributed by atoms with Crippen molar-refractivity contribution < 1.29 is 33.4 Å². The van der Waals surface area contributed by atoms with Gasteiger partial charge in [-0.3, -0.25) is 14.5 Å². The number of benzene rings is 2. The summed E-state index contributed by atoms with van der Waals surface area (Å²) >= 11 is 0. The van der Waals surface area contributed by atoms with E-state index in [0.717, 1.165) is 5.56 Å². The third kappa shape index (κ3) is 10.7. The van der Waals surface area contributed by atoms with Gasteiger partial charge in [0.05, 0.1) is 0 Å². The van der Waals surface area contributed by atoms with Gasteiger partial charge in [0.15, 0.2) is 0 Å². The van der Waals surface area contributed by atoms with Gasteiger partial charge in [-0.05, 0) is 65.7 Å². The van der Waals surface area contributed by atoms with Crippen LogP contribution >= 0.6 is 0 Å². The van der Waals surface area contributed by atoms with Crippen molar-refractivity contribution in [1.29, 1.82) is 0 Å². The topological polar surface area (TPSA) is 135 Å². The number of carbonyl (C=O) groups is 4. The average Bonchev–Trinajstić information content (AvgIpc) is 3.29. The van der Waals surface area contributed by atoms with Crippen molar-refractivity contribution in [2.45, 2.75) is 77.9 Å². The van der Waals surface area contributed by atoms with E-state index in [-0.39, 0.29) is 19.5 Å². The summed E-state index contributed by atoms with van der Waals surface area (Å²) in [5, 5.41) is 8.03. The van der Waals surface area contributed by atoms with Crippen LogP contribution < -0.4 is 20.7 Å². The Hall–Kier alpha value is -4.28. The molecule has 2 aromatic rings. The zero-order valence-corrected chi connectivity index (χ0v) is 24.5. The number of likely N-dealkylation sites (tertiary alicyclic amines) is 1. The van der Waals surface area contributed by atoms with Gasteiger partial charge < -0.3 is 30.2 Å². The molecule has 4 amide bonds. The number of carbonyl (C=O) groups excluding carboxylic acids is 4. The van der Waals surface area contributed by atoms with E-state index in [9.17, 15) is 19.2 Å². The first-order valence-electron chi connectivity index (χ1n) is 13.5. The fourth-order valence-electron chi connectivity index (χ4n) is 4.09. The lowest BCUT2D eigenvalue weighted by Crippen LogP contribution is -2.46. The fraction of sp³-hybridized carbons (Fsp3) is 0.467. The molecule has 1 aliphatic rings. The van der Waals surface area contributed by atoms with Crippen molar-refractivity contribution >= 4 is 29.7 Å². The zero-order valence-electron chi connectivity index (χ0n) is 24.5. The first kappa shape index (κ1) is 31.3. The number of ether oxygens (including phenoxy) is 3. The number of hydrogen-bond acceptors (Lipinski definition) is 7. The van der Waals surface area contributed by atoms with E-state index in [1.54, 1.807) is 65.8 Å². The second kappa shape index (κ2) is 13.4.